The summed E-state index contributed by atoms with van der Waals surface area (Å²) in [6, 6.07) is 9.39. The quantitative estimate of drug-likeness (QED) is 0.632. The van der Waals surface area contributed by atoms with Crippen molar-refractivity contribution >= 4 is 10.0 Å². The molecule has 4 rings (SSSR count). The van der Waals surface area contributed by atoms with Gasteiger partial charge in [0, 0.05) is 13.1 Å². The Morgan fingerprint density at radius 3 is 2.63 bits per heavy atom. The van der Waals surface area contributed by atoms with Crippen molar-refractivity contribution in [3.05, 3.63) is 53.7 Å². The van der Waals surface area contributed by atoms with E-state index in [1.807, 2.05) is 30.3 Å². The second-order valence-electron chi connectivity index (χ2n) is 6.42. The maximum atomic E-state index is 12.7. The standard InChI is InChI=1S/C17H19N5O4S/c1-12-17(13(2)26-19-12)27(23,24)21-9-15(10-21)22-8-14(18-20-22)11-25-16-6-4-3-5-7-16/h3-8,15H,9-11H2,1-2H3. The number of hydrogen-bond donors (Lipinski definition) is 0. The van der Waals surface area contributed by atoms with Crippen molar-refractivity contribution in [3.63, 3.8) is 0 Å². The molecule has 1 aliphatic heterocycles. The Morgan fingerprint density at radius 1 is 1.22 bits per heavy atom. The van der Waals surface area contributed by atoms with Crippen molar-refractivity contribution in [2.24, 2.45) is 0 Å². The zero-order chi connectivity index (χ0) is 19.0. The zero-order valence-electron chi connectivity index (χ0n) is 14.9. The van der Waals surface area contributed by atoms with Crippen LogP contribution < -0.4 is 4.74 Å². The molecule has 0 unspecified atom stereocenters. The molecule has 0 atom stereocenters. The molecule has 2 aromatic heterocycles. The number of aromatic nitrogens is 4. The van der Waals surface area contributed by atoms with E-state index in [9.17, 15) is 8.42 Å². The highest BCUT2D eigenvalue weighted by Gasteiger charge is 2.41. The molecule has 1 saturated heterocycles. The Labute approximate surface area is 156 Å². The number of rotatable bonds is 6. The summed E-state index contributed by atoms with van der Waals surface area (Å²) >= 11 is 0. The van der Waals surface area contributed by atoms with Crippen molar-refractivity contribution in [2.45, 2.75) is 31.4 Å². The maximum Gasteiger partial charge on any atom is 0.248 e. The number of aryl methyl sites for hydroxylation is 2. The van der Waals surface area contributed by atoms with E-state index in [0.29, 0.717) is 36.8 Å². The van der Waals surface area contributed by atoms with Gasteiger partial charge in [-0.15, -0.1) is 5.10 Å². The van der Waals surface area contributed by atoms with Crippen LogP contribution in [0.3, 0.4) is 0 Å². The summed E-state index contributed by atoms with van der Waals surface area (Å²) in [6.45, 7) is 4.18. The van der Waals surface area contributed by atoms with Gasteiger partial charge in [-0.2, -0.15) is 4.31 Å². The van der Waals surface area contributed by atoms with Crippen molar-refractivity contribution < 1.29 is 17.7 Å². The van der Waals surface area contributed by atoms with Crippen molar-refractivity contribution in [3.8, 4) is 5.75 Å². The highest BCUT2D eigenvalue weighted by atomic mass is 32.2. The van der Waals surface area contributed by atoms with Crippen LogP contribution >= 0.6 is 0 Å². The van der Waals surface area contributed by atoms with Crippen molar-refractivity contribution in [1.82, 2.24) is 24.5 Å². The molecule has 0 amide bonds. The minimum absolute atomic E-state index is 0.0572. The van der Waals surface area contributed by atoms with Gasteiger partial charge in [0.2, 0.25) is 10.0 Å². The van der Waals surface area contributed by atoms with E-state index in [1.165, 1.54) is 4.31 Å². The molecule has 0 radical (unpaired) electrons. The number of ether oxygens (including phenoxy) is 1. The summed E-state index contributed by atoms with van der Waals surface area (Å²) in [5, 5.41) is 11.9. The lowest BCUT2D eigenvalue weighted by Crippen LogP contribution is -2.50. The Balaban J connectivity index is 1.38. The predicted molar refractivity (Wildman–Crippen MR) is 94.6 cm³/mol. The highest BCUT2D eigenvalue weighted by Crippen LogP contribution is 2.30. The molecule has 3 heterocycles. The predicted octanol–water partition coefficient (Wildman–Crippen LogP) is 1.71. The molecule has 1 aromatic carbocycles. The summed E-state index contributed by atoms with van der Waals surface area (Å²) in [5.74, 6) is 1.06. The van der Waals surface area contributed by atoms with Crippen LogP contribution in [-0.2, 0) is 16.6 Å². The molecule has 10 heteroatoms. The van der Waals surface area contributed by atoms with Gasteiger partial charge in [0.1, 0.15) is 28.6 Å². The van der Waals surface area contributed by atoms with E-state index >= 15 is 0 Å². The summed E-state index contributed by atoms with van der Waals surface area (Å²) in [5.41, 5.74) is 1.06. The zero-order valence-corrected chi connectivity index (χ0v) is 15.8. The Kier molecular flexibility index (Phi) is 4.44. The Bertz CT molecular complexity index is 1020. The van der Waals surface area contributed by atoms with Crippen LogP contribution in [0.25, 0.3) is 0 Å². The third-order valence-corrected chi connectivity index (χ3v) is 6.53. The monoisotopic (exact) mass is 389 g/mol. The number of benzene rings is 1. The van der Waals surface area contributed by atoms with Crippen LogP contribution in [0, 0.1) is 13.8 Å². The minimum atomic E-state index is -3.61. The lowest BCUT2D eigenvalue weighted by Gasteiger charge is -2.37. The van der Waals surface area contributed by atoms with E-state index in [-0.39, 0.29) is 10.9 Å². The fourth-order valence-corrected chi connectivity index (χ4v) is 4.79. The van der Waals surface area contributed by atoms with E-state index in [4.69, 9.17) is 9.26 Å². The van der Waals surface area contributed by atoms with Gasteiger partial charge in [-0.3, -0.25) is 0 Å². The first-order valence-electron chi connectivity index (χ1n) is 8.47. The average molecular weight is 389 g/mol. The molecule has 0 saturated carbocycles. The van der Waals surface area contributed by atoms with E-state index in [0.717, 1.165) is 5.75 Å². The molecule has 0 bridgehead atoms. The first kappa shape index (κ1) is 17.7. The van der Waals surface area contributed by atoms with Gasteiger partial charge in [-0.1, -0.05) is 28.6 Å². The average Bonchev–Trinajstić information content (AvgIpc) is 3.19. The lowest BCUT2D eigenvalue weighted by atomic mass is 10.2. The summed E-state index contributed by atoms with van der Waals surface area (Å²) in [4.78, 5) is 0.150. The number of hydrogen-bond acceptors (Lipinski definition) is 7. The van der Waals surface area contributed by atoms with Gasteiger partial charge in [0.15, 0.2) is 5.76 Å². The van der Waals surface area contributed by atoms with Crippen LogP contribution in [0.1, 0.15) is 23.2 Å². The molecular formula is C17H19N5O4S. The van der Waals surface area contributed by atoms with Gasteiger partial charge < -0.3 is 9.26 Å². The van der Waals surface area contributed by atoms with Crippen LogP contribution in [-0.4, -0.2) is 46.0 Å². The van der Waals surface area contributed by atoms with Gasteiger partial charge in [0.25, 0.3) is 0 Å². The molecule has 9 nitrogen and oxygen atoms in total. The van der Waals surface area contributed by atoms with Gasteiger partial charge in [-0.25, -0.2) is 13.1 Å². The fourth-order valence-electron chi connectivity index (χ4n) is 2.98. The van der Waals surface area contributed by atoms with Gasteiger partial charge in [0.05, 0.1) is 12.2 Å². The van der Waals surface area contributed by atoms with E-state index in [1.54, 1.807) is 24.7 Å². The second kappa shape index (κ2) is 6.78. The van der Waals surface area contributed by atoms with Crippen LogP contribution in [0.15, 0.2) is 45.9 Å². The molecule has 27 heavy (non-hydrogen) atoms. The normalized spacial score (nSPS) is 15.6. The fraction of sp³-hybridized carbons (Fsp3) is 0.353. The van der Waals surface area contributed by atoms with Crippen LogP contribution in [0.2, 0.25) is 0 Å². The van der Waals surface area contributed by atoms with Crippen molar-refractivity contribution in [1.29, 1.82) is 0 Å². The van der Waals surface area contributed by atoms with Crippen molar-refractivity contribution in [2.75, 3.05) is 13.1 Å². The molecule has 0 N–H and O–H groups in total. The molecular weight excluding hydrogens is 370 g/mol. The van der Waals surface area contributed by atoms with E-state index in [2.05, 4.69) is 15.5 Å². The van der Waals surface area contributed by atoms with E-state index < -0.39 is 10.0 Å². The molecule has 0 aliphatic carbocycles. The van der Waals surface area contributed by atoms with Gasteiger partial charge >= 0.3 is 0 Å². The summed E-state index contributed by atoms with van der Waals surface area (Å²) in [7, 11) is -3.61. The minimum Gasteiger partial charge on any atom is -0.487 e. The first-order chi connectivity index (χ1) is 12.9. The number of nitrogens with zero attached hydrogens (tertiary/aromatic N) is 5. The summed E-state index contributed by atoms with van der Waals surface area (Å²) < 4.78 is 39.1. The largest absolute Gasteiger partial charge is 0.487 e. The topological polar surface area (TPSA) is 103 Å². The maximum absolute atomic E-state index is 12.7. The first-order valence-corrected chi connectivity index (χ1v) is 9.91. The summed E-state index contributed by atoms with van der Waals surface area (Å²) in [6.07, 6.45) is 1.79. The molecule has 1 fully saturated rings. The molecule has 0 spiro atoms. The molecule has 142 valence electrons. The smallest absolute Gasteiger partial charge is 0.248 e. The number of para-hydroxylation sites is 1. The number of sulfonamides is 1. The third kappa shape index (κ3) is 3.33. The lowest BCUT2D eigenvalue weighted by molar-refractivity contribution is 0.188. The third-order valence-electron chi connectivity index (χ3n) is 4.46. The Morgan fingerprint density at radius 2 is 1.96 bits per heavy atom. The highest BCUT2D eigenvalue weighted by molar-refractivity contribution is 7.89. The second-order valence-corrected chi connectivity index (χ2v) is 8.30. The molecule has 1 aliphatic rings. The van der Waals surface area contributed by atoms with Crippen LogP contribution in [0.5, 0.6) is 5.75 Å². The molecule has 3 aromatic rings. The van der Waals surface area contributed by atoms with Gasteiger partial charge in [-0.05, 0) is 26.0 Å². The Hall–Kier alpha value is -2.72. The SMILES string of the molecule is Cc1noc(C)c1S(=O)(=O)N1CC(n2cc(COc3ccccc3)nn2)C1. The van der Waals surface area contributed by atoms with Crippen LogP contribution in [0.4, 0.5) is 0 Å².